The van der Waals surface area contributed by atoms with Crippen LogP contribution in [0, 0.1) is 0 Å². The van der Waals surface area contributed by atoms with E-state index in [1.54, 1.807) is 23.1 Å². The van der Waals surface area contributed by atoms with Gasteiger partial charge < -0.3 is 9.45 Å². The molecule has 0 saturated carbocycles. The molecule has 33 heavy (non-hydrogen) atoms. The van der Waals surface area contributed by atoms with Gasteiger partial charge in [-0.3, -0.25) is 0 Å². The zero-order chi connectivity index (χ0) is 23.0. The summed E-state index contributed by atoms with van der Waals surface area (Å²) < 4.78 is 35.8. The van der Waals surface area contributed by atoms with Crippen LogP contribution in [-0.2, 0) is 17.2 Å². The molecule has 0 fully saturated rings. The van der Waals surface area contributed by atoms with Gasteiger partial charge in [-0.25, -0.2) is 8.42 Å². The average Bonchev–Trinajstić information content (AvgIpc) is 3.34. The molecule has 0 saturated heterocycles. The number of aromatic nitrogens is 1. The number of rotatable bonds is 6. The van der Waals surface area contributed by atoms with Gasteiger partial charge in [-0.05, 0) is 30.0 Å². The van der Waals surface area contributed by atoms with Gasteiger partial charge in [-0.15, -0.1) is 0 Å². The third kappa shape index (κ3) is 4.56. The van der Waals surface area contributed by atoms with Crippen molar-refractivity contribution in [3.8, 4) is 11.3 Å². The van der Waals surface area contributed by atoms with Gasteiger partial charge in [0.1, 0.15) is 7.05 Å². The largest absolute Gasteiger partial charge is 0.748 e. The molecule has 8 heteroatoms. The average molecular weight is 495 g/mol. The molecule has 0 spiro atoms. The Morgan fingerprint density at radius 1 is 1.03 bits per heavy atom. The maximum absolute atomic E-state index is 11.2. The van der Waals surface area contributed by atoms with E-state index in [0.717, 1.165) is 42.6 Å². The van der Waals surface area contributed by atoms with E-state index < -0.39 is 10.1 Å². The topological polar surface area (TPSA) is 64.3 Å². The van der Waals surface area contributed by atoms with Crippen molar-refractivity contribution in [2.45, 2.75) is 11.3 Å². The quantitative estimate of drug-likeness (QED) is 0.271. The van der Waals surface area contributed by atoms with Gasteiger partial charge in [0.05, 0.1) is 32.3 Å². The number of anilines is 1. The summed E-state index contributed by atoms with van der Waals surface area (Å²) in [6.45, 7) is 0.460. The summed E-state index contributed by atoms with van der Waals surface area (Å²) in [6, 6.07) is 22.7. The zero-order valence-corrected chi connectivity index (χ0v) is 20.4. The van der Waals surface area contributed by atoms with Crippen LogP contribution in [-0.4, -0.2) is 25.3 Å². The van der Waals surface area contributed by atoms with Crippen LogP contribution in [0.3, 0.4) is 0 Å². The molecule has 0 radical (unpaired) electrons. The van der Waals surface area contributed by atoms with Gasteiger partial charge in [0.15, 0.2) is 0 Å². The Bertz CT molecular complexity index is 1460. The molecule has 0 unspecified atom stereocenters. The summed E-state index contributed by atoms with van der Waals surface area (Å²) in [5.74, 6) is -0.369. The van der Waals surface area contributed by atoms with Gasteiger partial charge >= 0.3 is 0 Å². The summed E-state index contributed by atoms with van der Waals surface area (Å²) in [7, 11) is -2.19. The van der Waals surface area contributed by atoms with Crippen LogP contribution in [0.4, 0.5) is 5.69 Å². The fourth-order valence-electron chi connectivity index (χ4n) is 4.10. The first-order chi connectivity index (χ1) is 15.9. The first-order valence-electron chi connectivity index (χ1n) is 10.6. The minimum absolute atomic E-state index is 0.276. The molecule has 1 aromatic heterocycles. The number of fused-ring (bicyclic) bond motifs is 3. The number of nitrogens with zero attached hydrogens (tertiary/aromatic N) is 2. The number of hydrogen-bond donors (Lipinski definition) is 0. The van der Waals surface area contributed by atoms with Crippen LogP contribution in [0.1, 0.15) is 11.4 Å². The van der Waals surface area contributed by atoms with Crippen molar-refractivity contribution >= 4 is 55.8 Å². The van der Waals surface area contributed by atoms with E-state index in [2.05, 4.69) is 64.4 Å². The molecule has 0 N–H and O–H groups in total. The molecular weight excluding hydrogens is 472 g/mol. The number of benzene rings is 3. The maximum Gasteiger partial charge on any atom is 0.264 e. The van der Waals surface area contributed by atoms with Gasteiger partial charge in [-0.2, -0.15) is 4.57 Å². The third-order valence-electron chi connectivity index (χ3n) is 5.69. The lowest BCUT2D eigenvalue weighted by molar-refractivity contribution is -0.657. The van der Waals surface area contributed by atoms with Crippen molar-refractivity contribution in [3.05, 3.63) is 82.1 Å². The van der Waals surface area contributed by atoms with Crippen molar-refractivity contribution in [1.29, 1.82) is 0 Å². The van der Waals surface area contributed by atoms with Crippen LogP contribution in [0.2, 0.25) is 0 Å². The molecule has 0 amide bonds. The van der Waals surface area contributed by atoms with E-state index in [9.17, 15) is 13.0 Å². The molecule has 1 aliphatic heterocycles. The molecule has 5 rings (SSSR count). The number of thiazole rings is 1. The highest BCUT2D eigenvalue weighted by atomic mass is 32.2. The predicted octanol–water partition coefficient (Wildman–Crippen LogP) is 5.24. The predicted molar refractivity (Wildman–Crippen MR) is 135 cm³/mol. The highest BCUT2D eigenvalue weighted by Gasteiger charge is 2.29. The van der Waals surface area contributed by atoms with E-state index in [-0.39, 0.29) is 12.2 Å². The van der Waals surface area contributed by atoms with E-state index in [1.807, 2.05) is 30.3 Å². The minimum atomic E-state index is -4.25. The Labute approximate surface area is 201 Å². The molecule has 2 heterocycles. The second-order valence-corrected chi connectivity index (χ2v) is 11.3. The van der Waals surface area contributed by atoms with Crippen LogP contribution >= 0.6 is 23.1 Å². The highest BCUT2D eigenvalue weighted by Crippen LogP contribution is 2.50. The molecule has 4 aromatic rings. The Balaban J connectivity index is 1.55. The Morgan fingerprint density at radius 2 is 1.79 bits per heavy atom. The first-order valence-corrected chi connectivity index (χ1v) is 13.8. The molecule has 168 valence electrons. The lowest BCUT2D eigenvalue weighted by Crippen LogP contribution is -2.31. The second-order valence-electron chi connectivity index (χ2n) is 7.87. The SMILES string of the molecule is C[n+]1c(-c2ccccc2)csc1/C=C1\Sc2ccc3ccccc3c2N1CCCS(=O)(=O)[O-]. The summed E-state index contributed by atoms with van der Waals surface area (Å²) in [6.07, 6.45) is 2.43. The monoisotopic (exact) mass is 494 g/mol. The number of thioether (sulfide) groups is 1. The van der Waals surface area contributed by atoms with Crippen molar-refractivity contribution in [2.24, 2.45) is 7.05 Å². The summed E-state index contributed by atoms with van der Waals surface area (Å²) >= 11 is 3.35. The molecule has 0 bridgehead atoms. The van der Waals surface area contributed by atoms with E-state index in [0.29, 0.717) is 6.54 Å². The standard InChI is InChI=1S/C25H22N2O3S3/c1-26-21(19-9-3-2-4-10-19)17-31-23(26)16-24-27(14-7-15-33(28,29)30)25-20-11-6-5-8-18(20)12-13-22(25)32-24/h2-6,8-13,16-17H,7,14-15H2,1H3. The molecule has 3 aromatic carbocycles. The highest BCUT2D eigenvalue weighted by molar-refractivity contribution is 8.04. The van der Waals surface area contributed by atoms with Gasteiger partial charge in [0, 0.05) is 28.1 Å². The Hall–Kier alpha value is -2.65. The van der Waals surface area contributed by atoms with Crippen molar-refractivity contribution in [3.63, 3.8) is 0 Å². The normalized spacial score (nSPS) is 14.8. The van der Waals surface area contributed by atoms with E-state index >= 15 is 0 Å². The number of hydrogen-bond acceptors (Lipinski definition) is 6. The first kappa shape index (κ1) is 22.2. The molecule has 0 atom stereocenters. The van der Waals surface area contributed by atoms with Crippen molar-refractivity contribution < 1.29 is 17.5 Å². The van der Waals surface area contributed by atoms with Gasteiger partial charge in [0.2, 0.25) is 5.69 Å². The van der Waals surface area contributed by atoms with Crippen LogP contribution in [0.15, 0.2) is 82.0 Å². The molecule has 5 nitrogen and oxygen atoms in total. The summed E-state index contributed by atoms with van der Waals surface area (Å²) in [5.41, 5.74) is 3.38. The Kier molecular flexibility index (Phi) is 6.01. The van der Waals surface area contributed by atoms with Crippen LogP contribution in [0.25, 0.3) is 28.1 Å². The zero-order valence-electron chi connectivity index (χ0n) is 18.0. The summed E-state index contributed by atoms with van der Waals surface area (Å²) in [5, 5.41) is 6.53. The fourth-order valence-corrected chi connectivity index (χ4v) is 6.76. The van der Waals surface area contributed by atoms with Crippen molar-refractivity contribution in [2.75, 3.05) is 17.2 Å². The maximum atomic E-state index is 11.2. The Morgan fingerprint density at radius 3 is 2.58 bits per heavy atom. The summed E-state index contributed by atoms with van der Waals surface area (Å²) in [4.78, 5) is 3.29. The fraction of sp³-hybridized carbons (Fsp3) is 0.160. The third-order valence-corrected chi connectivity index (χ3v) is 8.55. The van der Waals surface area contributed by atoms with Crippen molar-refractivity contribution in [1.82, 2.24) is 0 Å². The molecule has 1 aliphatic rings. The van der Waals surface area contributed by atoms with Gasteiger partial charge in [0.25, 0.3) is 5.01 Å². The minimum Gasteiger partial charge on any atom is -0.748 e. The van der Waals surface area contributed by atoms with Gasteiger partial charge in [-0.1, -0.05) is 71.6 Å². The molecular formula is C25H22N2O3S3. The second kappa shape index (κ2) is 8.95. The lowest BCUT2D eigenvalue weighted by atomic mass is 10.1. The molecule has 0 aliphatic carbocycles. The van der Waals surface area contributed by atoms with Crippen LogP contribution < -0.4 is 9.47 Å². The van der Waals surface area contributed by atoms with Crippen LogP contribution in [0.5, 0.6) is 0 Å². The smallest absolute Gasteiger partial charge is 0.264 e. The van der Waals surface area contributed by atoms with E-state index in [4.69, 9.17) is 0 Å². The van der Waals surface area contributed by atoms with E-state index in [1.165, 1.54) is 0 Å². The lowest BCUT2D eigenvalue weighted by Gasteiger charge is -2.22.